The number of amides is 1. The first-order chi connectivity index (χ1) is 11.2. The van der Waals surface area contributed by atoms with E-state index in [1.807, 2.05) is 36.4 Å². The van der Waals surface area contributed by atoms with Crippen molar-refractivity contribution < 1.29 is 9.53 Å². The minimum absolute atomic E-state index is 0.0275. The zero-order valence-corrected chi connectivity index (χ0v) is 13.2. The number of rotatable bonds is 2. The van der Waals surface area contributed by atoms with Crippen molar-refractivity contribution >= 4 is 34.1 Å². The SMILES string of the molecule is COc1ccc2c(c1)C(=O)N(c1ccc3ccc(Cl)nc3c1)C2. The number of halogens is 1. The van der Waals surface area contributed by atoms with Gasteiger partial charge in [-0.25, -0.2) is 4.98 Å². The standard InChI is InChI=1S/C18H13ClN2O2/c1-23-14-6-3-12-10-21(18(22)15(12)9-14)13-5-2-11-4-7-17(19)20-16(11)8-13/h2-9H,10H2,1H3. The van der Waals surface area contributed by atoms with Crippen LogP contribution < -0.4 is 9.64 Å². The molecule has 0 spiro atoms. The monoisotopic (exact) mass is 324 g/mol. The second-order valence-corrected chi connectivity index (χ2v) is 5.81. The first kappa shape index (κ1) is 14.0. The van der Waals surface area contributed by atoms with Crippen LogP contribution in [0.1, 0.15) is 15.9 Å². The molecule has 0 fully saturated rings. The molecule has 4 rings (SSSR count). The molecule has 0 atom stereocenters. The lowest BCUT2D eigenvalue weighted by atomic mass is 10.1. The average Bonchev–Trinajstić information content (AvgIpc) is 2.90. The van der Waals surface area contributed by atoms with Gasteiger partial charge < -0.3 is 9.64 Å². The molecule has 2 heterocycles. The molecule has 0 saturated heterocycles. The van der Waals surface area contributed by atoms with Crippen molar-refractivity contribution in [1.29, 1.82) is 0 Å². The van der Waals surface area contributed by atoms with Gasteiger partial charge in [0.2, 0.25) is 0 Å². The van der Waals surface area contributed by atoms with Gasteiger partial charge in [0, 0.05) is 16.6 Å². The molecule has 23 heavy (non-hydrogen) atoms. The molecule has 0 saturated carbocycles. The fraction of sp³-hybridized carbons (Fsp3) is 0.111. The van der Waals surface area contributed by atoms with Crippen LogP contribution in [0.2, 0.25) is 5.15 Å². The Morgan fingerprint density at radius 3 is 2.78 bits per heavy atom. The Morgan fingerprint density at radius 1 is 1.13 bits per heavy atom. The smallest absolute Gasteiger partial charge is 0.259 e. The number of pyridine rings is 1. The summed E-state index contributed by atoms with van der Waals surface area (Å²) in [6, 6.07) is 15.0. The number of methoxy groups -OCH3 is 1. The first-order valence-corrected chi connectivity index (χ1v) is 7.58. The van der Waals surface area contributed by atoms with Gasteiger partial charge in [0.05, 0.1) is 19.2 Å². The topological polar surface area (TPSA) is 42.4 Å². The van der Waals surface area contributed by atoms with E-state index in [0.717, 1.165) is 22.2 Å². The molecule has 0 aliphatic carbocycles. The number of ether oxygens (including phenoxy) is 1. The van der Waals surface area contributed by atoms with Crippen LogP contribution >= 0.6 is 11.6 Å². The van der Waals surface area contributed by atoms with Crippen molar-refractivity contribution in [1.82, 2.24) is 4.98 Å². The molecular weight excluding hydrogens is 312 g/mol. The number of carbonyl (C=O) groups excluding carboxylic acids is 1. The second-order valence-electron chi connectivity index (χ2n) is 5.43. The molecule has 1 aromatic heterocycles. The summed E-state index contributed by atoms with van der Waals surface area (Å²) < 4.78 is 5.20. The van der Waals surface area contributed by atoms with Gasteiger partial charge in [0.1, 0.15) is 10.9 Å². The van der Waals surface area contributed by atoms with Crippen LogP contribution in [0.5, 0.6) is 5.75 Å². The molecule has 3 aromatic rings. The zero-order valence-electron chi connectivity index (χ0n) is 12.4. The van der Waals surface area contributed by atoms with Gasteiger partial charge in [-0.05, 0) is 42.0 Å². The van der Waals surface area contributed by atoms with Crippen molar-refractivity contribution in [3.05, 3.63) is 64.8 Å². The summed E-state index contributed by atoms with van der Waals surface area (Å²) in [5, 5.41) is 1.43. The van der Waals surface area contributed by atoms with Crippen molar-refractivity contribution in [2.24, 2.45) is 0 Å². The summed E-state index contributed by atoms with van der Waals surface area (Å²) in [7, 11) is 1.59. The maximum atomic E-state index is 12.7. The molecule has 4 nitrogen and oxygen atoms in total. The molecule has 114 valence electrons. The number of nitrogens with zero attached hydrogens (tertiary/aromatic N) is 2. The Balaban J connectivity index is 1.76. The molecule has 1 amide bonds. The molecule has 0 unspecified atom stereocenters. The number of hydrogen-bond acceptors (Lipinski definition) is 3. The summed E-state index contributed by atoms with van der Waals surface area (Å²) in [6.07, 6.45) is 0. The fourth-order valence-electron chi connectivity index (χ4n) is 2.86. The Hall–Kier alpha value is -2.59. The van der Waals surface area contributed by atoms with Gasteiger partial charge in [0.15, 0.2) is 0 Å². The minimum atomic E-state index is -0.0275. The molecule has 1 aliphatic rings. The number of hydrogen-bond donors (Lipinski definition) is 0. The van der Waals surface area contributed by atoms with Gasteiger partial charge in [-0.15, -0.1) is 0 Å². The molecule has 0 bridgehead atoms. The van der Waals surface area contributed by atoms with E-state index in [0.29, 0.717) is 23.0 Å². The van der Waals surface area contributed by atoms with E-state index >= 15 is 0 Å². The van der Waals surface area contributed by atoms with E-state index in [4.69, 9.17) is 16.3 Å². The summed E-state index contributed by atoms with van der Waals surface area (Å²) in [5.41, 5.74) is 3.27. The fourth-order valence-corrected chi connectivity index (χ4v) is 3.02. The van der Waals surface area contributed by atoms with Crippen LogP contribution in [-0.4, -0.2) is 18.0 Å². The molecule has 5 heteroatoms. The Labute approximate surface area is 138 Å². The van der Waals surface area contributed by atoms with Crippen LogP contribution in [0.3, 0.4) is 0 Å². The van der Waals surface area contributed by atoms with E-state index in [2.05, 4.69) is 4.98 Å². The Bertz CT molecular complexity index is 939. The second kappa shape index (κ2) is 5.25. The molecule has 0 radical (unpaired) electrons. The normalized spacial score (nSPS) is 13.5. The predicted molar refractivity (Wildman–Crippen MR) is 90.3 cm³/mol. The number of anilines is 1. The van der Waals surface area contributed by atoms with E-state index in [1.165, 1.54) is 0 Å². The van der Waals surface area contributed by atoms with Gasteiger partial charge in [0.25, 0.3) is 5.91 Å². The quantitative estimate of drug-likeness (QED) is 0.668. The molecule has 0 N–H and O–H groups in total. The molecule has 1 aliphatic heterocycles. The van der Waals surface area contributed by atoms with Gasteiger partial charge >= 0.3 is 0 Å². The van der Waals surface area contributed by atoms with E-state index < -0.39 is 0 Å². The lowest BCUT2D eigenvalue weighted by Gasteiger charge is -2.16. The largest absolute Gasteiger partial charge is 0.497 e. The van der Waals surface area contributed by atoms with Crippen molar-refractivity contribution in [3.63, 3.8) is 0 Å². The van der Waals surface area contributed by atoms with Crippen LogP contribution in [0.4, 0.5) is 5.69 Å². The highest BCUT2D eigenvalue weighted by Crippen LogP contribution is 2.32. The van der Waals surface area contributed by atoms with Crippen molar-refractivity contribution in [3.8, 4) is 5.75 Å². The van der Waals surface area contributed by atoms with Gasteiger partial charge in [-0.2, -0.15) is 0 Å². The Kier molecular flexibility index (Phi) is 3.20. The third kappa shape index (κ3) is 2.32. The lowest BCUT2D eigenvalue weighted by molar-refractivity contribution is 0.0996. The average molecular weight is 325 g/mol. The van der Waals surface area contributed by atoms with Crippen molar-refractivity contribution in [2.75, 3.05) is 12.0 Å². The highest BCUT2D eigenvalue weighted by atomic mass is 35.5. The van der Waals surface area contributed by atoms with E-state index in [-0.39, 0.29) is 5.91 Å². The first-order valence-electron chi connectivity index (χ1n) is 7.21. The third-order valence-corrected chi connectivity index (χ3v) is 4.28. The lowest BCUT2D eigenvalue weighted by Crippen LogP contribution is -2.22. The number of carbonyl (C=O) groups is 1. The van der Waals surface area contributed by atoms with Crippen LogP contribution in [-0.2, 0) is 6.54 Å². The predicted octanol–water partition coefficient (Wildman–Crippen LogP) is 4.06. The number of fused-ring (bicyclic) bond motifs is 2. The maximum absolute atomic E-state index is 12.7. The summed E-state index contributed by atoms with van der Waals surface area (Å²) in [6.45, 7) is 0.546. The van der Waals surface area contributed by atoms with Crippen LogP contribution in [0.15, 0.2) is 48.5 Å². The zero-order chi connectivity index (χ0) is 16.0. The van der Waals surface area contributed by atoms with Crippen LogP contribution in [0.25, 0.3) is 10.9 Å². The van der Waals surface area contributed by atoms with Gasteiger partial charge in [-0.1, -0.05) is 23.7 Å². The molecular formula is C18H13ClN2O2. The summed E-state index contributed by atoms with van der Waals surface area (Å²) in [5.74, 6) is 0.659. The van der Waals surface area contributed by atoms with Gasteiger partial charge in [-0.3, -0.25) is 4.79 Å². The minimum Gasteiger partial charge on any atom is -0.497 e. The number of benzene rings is 2. The summed E-state index contributed by atoms with van der Waals surface area (Å²) in [4.78, 5) is 18.8. The summed E-state index contributed by atoms with van der Waals surface area (Å²) >= 11 is 5.96. The highest BCUT2D eigenvalue weighted by molar-refractivity contribution is 6.29. The number of aromatic nitrogens is 1. The van der Waals surface area contributed by atoms with Crippen LogP contribution in [0, 0.1) is 0 Å². The van der Waals surface area contributed by atoms with Crippen molar-refractivity contribution in [2.45, 2.75) is 6.54 Å². The van der Waals surface area contributed by atoms with E-state index in [1.54, 1.807) is 24.1 Å². The highest BCUT2D eigenvalue weighted by Gasteiger charge is 2.29. The maximum Gasteiger partial charge on any atom is 0.259 e. The molecule has 2 aromatic carbocycles. The third-order valence-electron chi connectivity index (χ3n) is 4.07. The Morgan fingerprint density at radius 2 is 1.96 bits per heavy atom. The van der Waals surface area contributed by atoms with E-state index in [9.17, 15) is 4.79 Å².